The van der Waals surface area contributed by atoms with E-state index in [0.717, 1.165) is 38.5 Å². The maximum Gasteiger partial charge on any atom is -0.00698 e. The molecule has 0 spiro atoms. The molecule has 0 aliphatic heterocycles. The molecule has 3 aliphatic rings. The van der Waals surface area contributed by atoms with Crippen molar-refractivity contribution in [2.24, 2.45) is 0 Å². The monoisotopic (exact) mass is 512 g/mol. The normalized spacial score (nSPS) is 16.2. The van der Waals surface area contributed by atoms with E-state index in [1.54, 1.807) is 0 Å². The van der Waals surface area contributed by atoms with Crippen molar-refractivity contribution in [3.05, 3.63) is 141 Å². The Morgan fingerprint density at radius 2 is 1.05 bits per heavy atom. The molecule has 0 heterocycles. The summed E-state index contributed by atoms with van der Waals surface area (Å²) in [5, 5.41) is 8.37. The molecular weight excluding hydrogens is 480 g/mol. The highest BCUT2D eigenvalue weighted by atomic mass is 14.2. The third-order valence-corrected chi connectivity index (χ3v) is 9.13. The molecule has 0 N–H and O–H groups in total. The molecule has 0 saturated heterocycles. The van der Waals surface area contributed by atoms with Gasteiger partial charge in [0, 0.05) is 0 Å². The van der Waals surface area contributed by atoms with Gasteiger partial charge in [-0.1, -0.05) is 121 Å². The van der Waals surface area contributed by atoms with Gasteiger partial charge in [-0.05, 0) is 115 Å². The SMILES string of the molecule is C1=C(c2cccc3ccccc23)CCC(c2c3c(c(C4=Cc5ccccc5CC4)c4ccccc24)=CCCC=3)=C1. The Hall–Kier alpha value is -4.42. The number of fused-ring (bicyclic) bond motifs is 4. The fourth-order valence-corrected chi connectivity index (χ4v) is 7.25. The van der Waals surface area contributed by atoms with Crippen molar-refractivity contribution in [1.82, 2.24) is 0 Å². The lowest BCUT2D eigenvalue weighted by Gasteiger charge is -2.24. The van der Waals surface area contributed by atoms with Crippen LogP contribution in [0.15, 0.2) is 103 Å². The molecule has 5 aromatic carbocycles. The van der Waals surface area contributed by atoms with Crippen molar-refractivity contribution < 1.29 is 0 Å². The van der Waals surface area contributed by atoms with Crippen molar-refractivity contribution in [2.75, 3.05) is 0 Å². The van der Waals surface area contributed by atoms with Crippen LogP contribution in [0.5, 0.6) is 0 Å². The third-order valence-electron chi connectivity index (χ3n) is 9.13. The summed E-state index contributed by atoms with van der Waals surface area (Å²) < 4.78 is 0. The molecule has 0 unspecified atom stereocenters. The average Bonchev–Trinajstić information content (AvgIpc) is 3.03. The average molecular weight is 513 g/mol. The van der Waals surface area contributed by atoms with Crippen LogP contribution in [0.4, 0.5) is 0 Å². The topological polar surface area (TPSA) is 0 Å². The van der Waals surface area contributed by atoms with E-state index in [1.165, 1.54) is 76.5 Å². The Morgan fingerprint density at radius 1 is 0.450 bits per heavy atom. The molecule has 0 fully saturated rings. The molecular formula is C40H32. The molecule has 40 heavy (non-hydrogen) atoms. The standard InChI is InChI=1S/C40H32/c1-2-12-31-26-32(25-20-27(31)10-1)40-37-17-7-5-15-35(37)39(36-16-6-8-18-38(36)40)30-23-21-29(22-24-30)34-19-9-13-28-11-3-4-14-33(28)34/h1-5,7,9-19,21,23,26H,6,8,20,22,24-25H2. The van der Waals surface area contributed by atoms with Gasteiger partial charge in [-0.25, -0.2) is 0 Å². The maximum atomic E-state index is 2.52. The van der Waals surface area contributed by atoms with Crippen LogP contribution in [0, 0.1) is 0 Å². The molecule has 8 rings (SSSR count). The fourth-order valence-electron chi connectivity index (χ4n) is 7.25. The summed E-state index contributed by atoms with van der Waals surface area (Å²) in [5.41, 5.74) is 11.5. The molecule has 0 aromatic heterocycles. The number of aryl methyl sites for hydroxylation is 1. The number of benzene rings is 5. The minimum atomic E-state index is 1.06. The van der Waals surface area contributed by atoms with Crippen LogP contribution in [0.3, 0.4) is 0 Å². The molecule has 0 radical (unpaired) electrons. The van der Waals surface area contributed by atoms with E-state index in [9.17, 15) is 0 Å². The van der Waals surface area contributed by atoms with Crippen molar-refractivity contribution >= 4 is 56.5 Å². The largest absolute Gasteiger partial charge is 0.0757 e. The Kier molecular flexibility index (Phi) is 5.66. The summed E-state index contributed by atoms with van der Waals surface area (Å²) in [6.07, 6.45) is 18.9. The first-order chi connectivity index (χ1) is 19.8. The van der Waals surface area contributed by atoms with Gasteiger partial charge in [0.15, 0.2) is 0 Å². The summed E-state index contributed by atoms with van der Waals surface area (Å²) in [6, 6.07) is 33.5. The Morgan fingerprint density at radius 3 is 1.82 bits per heavy atom. The van der Waals surface area contributed by atoms with Gasteiger partial charge in [0.05, 0.1) is 0 Å². The van der Waals surface area contributed by atoms with Gasteiger partial charge >= 0.3 is 0 Å². The first-order valence-electron chi connectivity index (χ1n) is 14.8. The van der Waals surface area contributed by atoms with Crippen LogP contribution < -0.4 is 10.4 Å². The first kappa shape index (κ1) is 23.5. The molecule has 0 heteroatoms. The van der Waals surface area contributed by atoms with Crippen molar-refractivity contribution in [3.63, 3.8) is 0 Å². The van der Waals surface area contributed by atoms with E-state index < -0.39 is 0 Å². The number of allylic oxidation sites excluding steroid dienone is 5. The van der Waals surface area contributed by atoms with E-state index in [2.05, 4.69) is 121 Å². The predicted octanol–water partition coefficient (Wildman–Crippen LogP) is 9.10. The second-order valence-corrected chi connectivity index (χ2v) is 11.4. The molecule has 0 amide bonds. The van der Waals surface area contributed by atoms with E-state index in [-0.39, 0.29) is 0 Å². The molecule has 0 saturated carbocycles. The van der Waals surface area contributed by atoms with Gasteiger partial charge in [-0.15, -0.1) is 0 Å². The van der Waals surface area contributed by atoms with Crippen LogP contribution in [0.1, 0.15) is 59.9 Å². The lowest BCUT2D eigenvalue weighted by atomic mass is 9.80. The second-order valence-electron chi connectivity index (χ2n) is 11.4. The fraction of sp³-hybridized carbons (Fsp3) is 0.150. The van der Waals surface area contributed by atoms with Gasteiger partial charge in [-0.2, -0.15) is 0 Å². The molecule has 3 aliphatic carbocycles. The summed E-state index contributed by atoms with van der Waals surface area (Å²) in [5.74, 6) is 0. The lowest BCUT2D eigenvalue weighted by molar-refractivity contribution is 0.999. The van der Waals surface area contributed by atoms with Crippen molar-refractivity contribution in [2.45, 2.75) is 38.5 Å². The quantitative estimate of drug-likeness (QED) is 0.226. The van der Waals surface area contributed by atoms with Crippen LogP contribution in [0.2, 0.25) is 0 Å². The first-order valence-corrected chi connectivity index (χ1v) is 14.8. The predicted molar refractivity (Wildman–Crippen MR) is 173 cm³/mol. The highest BCUT2D eigenvalue weighted by Crippen LogP contribution is 2.38. The van der Waals surface area contributed by atoms with Crippen molar-refractivity contribution in [1.29, 1.82) is 0 Å². The van der Waals surface area contributed by atoms with E-state index >= 15 is 0 Å². The smallest absolute Gasteiger partial charge is 0.00698 e. The molecule has 0 bridgehead atoms. The van der Waals surface area contributed by atoms with Gasteiger partial charge in [0.2, 0.25) is 0 Å². The number of hydrogen-bond acceptors (Lipinski definition) is 0. The lowest BCUT2D eigenvalue weighted by Crippen LogP contribution is -2.34. The van der Waals surface area contributed by atoms with Crippen molar-refractivity contribution in [3.8, 4) is 0 Å². The minimum Gasteiger partial charge on any atom is -0.0757 e. The molecule has 0 atom stereocenters. The summed E-state index contributed by atoms with van der Waals surface area (Å²) in [7, 11) is 0. The summed E-state index contributed by atoms with van der Waals surface area (Å²) in [6.45, 7) is 0. The number of hydrogen-bond donors (Lipinski definition) is 0. The number of rotatable bonds is 3. The van der Waals surface area contributed by atoms with Gasteiger partial charge in [-0.3, -0.25) is 0 Å². The van der Waals surface area contributed by atoms with Crippen LogP contribution in [0.25, 0.3) is 56.5 Å². The van der Waals surface area contributed by atoms with Gasteiger partial charge in [0.25, 0.3) is 0 Å². The Bertz CT molecular complexity index is 2040. The second kappa shape index (κ2) is 9.65. The third kappa shape index (κ3) is 3.82. The van der Waals surface area contributed by atoms with Gasteiger partial charge in [0.1, 0.15) is 0 Å². The highest BCUT2D eigenvalue weighted by Gasteiger charge is 2.21. The maximum absolute atomic E-state index is 2.52. The Labute approximate surface area is 236 Å². The van der Waals surface area contributed by atoms with Crippen LogP contribution in [-0.4, -0.2) is 0 Å². The molecule has 0 nitrogen and oxygen atoms in total. The van der Waals surface area contributed by atoms with E-state index in [1.807, 2.05) is 0 Å². The van der Waals surface area contributed by atoms with Crippen LogP contribution in [-0.2, 0) is 6.42 Å². The molecule has 192 valence electrons. The highest BCUT2D eigenvalue weighted by molar-refractivity contribution is 6.05. The zero-order chi connectivity index (χ0) is 26.5. The Balaban J connectivity index is 1.32. The van der Waals surface area contributed by atoms with E-state index in [4.69, 9.17) is 0 Å². The zero-order valence-electron chi connectivity index (χ0n) is 22.8. The van der Waals surface area contributed by atoms with E-state index in [0.29, 0.717) is 0 Å². The molecule has 5 aromatic rings. The summed E-state index contributed by atoms with van der Waals surface area (Å²) in [4.78, 5) is 0. The zero-order valence-corrected chi connectivity index (χ0v) is 22.8. The van der Waals surface area contributed by atoms with Crippen LogP contribution >= 0.6 is 0 Å². The summed E-state index contributed by atoms with van der Waals surface area (Å²) >= 11 is 0. The van der Waals surface area contributed by atoms with Gasteiger partial charge < -0.3 is 0 Å². The minimum absolute atomic E-state index is 1.06.